The summed E-state index contributed by atoms with van der Waals surface area (Å²) in [4.78, 5) is 13.6. The van der Waals surface area contributed by atoms with Crippen LogP contribution >= 0.6 is 0 Å². The second-order valence-corrected chi connectivity index (χ2v) is 5.05. The third-order valence-electron chi connectivity index (χ3n) is 3.50. The van der Waals surface area contributed by atoms with Gasteiger partial charge in [-0.25, -0.2) is 4.39 Å². The summed E-state index contributed by atoms with van der Waals surface area (Å²) in [5.41, 5.74) is 0. The van der Waals surface area contributed by atoms with Gasteiger partial charge in [0.15, 0.2) is 11.5 Å². The zero-order chi connectivity index (χ0) is 15.2. The summed E-state index contributed by atoms with van der Waals surface area (Å²) < 4.78 is 23.9. The molecule has 1 heterocycles. The smallest absolute Gasteiger partial charge is 0.239 e. The minimum absolute atomic E-state index is 0.0984. The summed E-state index contributed by atoms with van der Waals surface area (Å²) in [6, 6.07) is 6.93. The third-order valence-corrected chi connectivity index (χ3v) is 3.50. The van der Waals surface area contributed by atoms with Gasteiger partial charge in [-0.05, 0) is 12.1 Å². The van der Waals surface area contributed by atoms with Gasteiger partial charge in [-0.3, -0.25) is 4.79 Å². The topological polar surface area (TPSA) is 50.8 Å². The monoisotopic (exact) mass is 296 g/mol. The van der Waals surface area contributed by atoms with Crippen molar-refractivity contribution in [1.82, 2.24) is 10.2 Å². The molecule has 0 aromatic heterocycles. The Hall–Kier alpha value is -1.82. The molecule has 0 spiro atoms. The molecule has 0 radical (unpaired) electrons. The number of benzene rings is 1. The molecule has 1 saturated heterocycles. The molecular weight excluding hydrogens is 275 g/mol. The van der Waals surface area contributed by atoms with Crippen LogP contribution in [-0.2, 0) is 4.79 Å². The van der Waals surface area contributed by atoms with Crippen LogP contribution in [0.2, 0.25) is 0 Å². The maximum atomic E-state index is 13.1. The zero-order valence-corrected chi connectivity index (χ0v) is 12.3. The predicted octanol–water partition coefficient (Wildman–Crippen LogP) is 1.23. The molecule has 21 heavy (non-hydrogen) atoms. The summed E-state index contributed by atoms with van der Waals surface area (Å²) in [5.74, 6) is 1.20. The first-order valence-electron chi connectivity index (χ1n) is 7.00. The zero-order valence-electron chi connectivity index (χ0n) is 12.3. The van der Waals surface area contributed by atoms with Gasteiger partial charge in [0.2, 0.25) is 5.91 Å². The maximum absolute atomic E-state index is 13.1. The minimum atomic E-state index is -0.933. The van der Waals surface area contributed by atoms with Crippen molar-refractivity contribution in [3.05, 3.63) is 24.3 Å². The van der Waals surface area contributed by atoms with Gasteiger partial charge in [-0.1, -0.05) is 12.1 Å². The van der Waals surface area contributed by atoms with Crippen LogP contribution in [-0.4, -0.2) is 56.9 Å². The van der Waals surface area contributed by atoms with Crippen molar-refractivity contribution in [3.63, 3.8) is 0 Å². The van der Waals surface area contributed by atoms with Gasteiger partial charge in [0.05, 0.1) is 19.7 Å². The fourth-order valence-corrected chi connectivity index (χ4v) is 2.29. The Kier molecular flexibility index (Phi) is 5.38. The molecule has 116 valence electrons. The summed E-state index contributed by atoms with van der Waals surface area (Å²) in [6.07, 6.45) is -0.687. The number of hydrogen-bond donors (Lipinski definition) is 1. The predicted molar refractivity (Wildman–Crippen MR) is 77.4 cm³/mol. The van der Waals surface area contributed by atoms with Crippen LogP contribution in [0.5, 0.6) is 11.5 Å². The SMILES string of the molecule is COc1ccccc1OCCN(C)C(=O)[C@H]1C[C@H](F)CN1. The Morgan fingerprint density at radius 2 is 2.14 bits per heavy atom. The molecule has 0 unspecified atom stereocenters. The highest BCUT2D eigenvalue weighted by Gasteiger charge is 2.30. The molecule has 0 aliphatic carbocycles. The Morgan fingerprint density at radius 1 is 1.43 bits per heavy atom. The second kappa shape index (κ2) is 7.26. The lowest BCUT2D eigenvalue weighted by Gasteiger charge is -2.21. The van der Waals surface area contributed by atoms with Gasteiger partial charge in [0.1, 0.15) is 12.8 Å². The normalized spacial score (nSPS) is 21.1. The Morgan fingerprint density at radius 3 is 2.76 bits per heavy atom. The largest absolute Gasteiger partial charge is 0.493 e. The highest BCUT2D eigenvalue weighted by molar-refractivity contribution is 5.82. The van der Waals surface area contributed by atoms with Crippen LogP contribution in [0, 0.1) is 0 Å². The van der Waals surface area contributed by atoms with Gasteiger partial charge >= 0.3 is 0 Å². The molecule has 2 atom stereocenters. The molecule has 1 fully saturated rings. The molecule has 1 aliphatic heterocycles. The van der Waals surface area contributed by atoms with Crippen LogP contribution in [0.25, 0.3) is 0 Å². The number of para-hydroxylation sites is 2. The number of halogens is 1. The number of nitrogens with zero attached hydrogens (tertiary/aromatic N) is 1. The molecular formula is C15H21FN2O3. The van der Waals surface area contributed by atoms with Crippen molar-refractivity contribution in [3.8, 4) is 11.5 Å². The van der Waals surface area contributed by atoms with E-state index in [-0.39, 0.29) is 18.9 Å². The minimum Gasteiger partial charge on any atom is -0.493 e. The standard InChI is InChI=1S/C15H21FN2O3/c1-18(15(19)12-9-11(16)10-17-12)7-8-21-14-6-4-3-5-13(14)20-2/h3-6,11-12,17H,7-10H2,1-2H3/t11-,12+/m0/s1. The number of alkyl halides is 1. The van der Waals surface area contributed by atoms with E-state index < -0.39 is 12.2 Å². The number of ether oxygens (including phenoxy) is 2. The van der Waals surface area contributed by atoms with Gasteiger partial charge < -0.3 is 19.7 Å². The average molecular weight is 296 g/mol. The van der Waals surface area contributed by atoms with Gasteiger partial charge in [0, 0.05) is 20.0 Å². The summed E-state index contributed by atoms with van der Waals surface area (Å²) in [7, 11) is 3.28. The first kappa shape index (κ1) is 15.6. The number of nitrogens with one attached hydrogen (secondary N) is 1. The van der Waals surface area contributed by atoms with Crippen molar-refractivity contribution in [1.29, 1.82) is 0 Å². The molecule has 6 heteroatoms. The summed E-state index contributed by atoms with van der Waals surface area (Å²) in [6.45, 7) is 1.04. The van der Waals surface area contributed by atoms with E-state index in [0.29, 0.717) is 24.7 Å². The number of amides is 1. The van der Waals surface area contributed by atoms with E-state index in [1.165, 1.54) is 0 Å². The van der Waals surface area contributed by atoms with Crippen LogP contribution in [0.15, 0.2) is 24.3 Å². The van der Waals surface area contributed by atoms with Gasteiger partial charge in [-0.2, -0.15) is 0 Å². The lowest BCUT2D eigenvalue weighted by atomic mass is 10.2. The molecule has 0 bridgehead atoms. The lowest BCUT2D eigenvalue weighted by molar-refractivity contribution is -0.132. The van der Waals surface area contributed by atoms with E-state index in [2.05, 4.69) is 5.32 Å². The van der Waals surface area contributed by atoms with Crippen LogP contribution < -0.4 is 14.8 Å². The first-order chi connectivity index (χ1) is 10.1. The molecule has 1 aromatic rings. The highest BCUT2D eigenvalue weighted by atomic mass is 19.1. The van der Waals surface area contributed by atoms with E-state index >= 15 is 0 Å². The van der Waals surface area contributed by atoms with Crippen molar-refractivity contribution >= 4 is 5.91 Å². The van der Waals surface area contributed by atoms with Gasteiger partial charge in [-0.15, -0.1) is 0 Å². The summed E-state index contributed by atoms with van der Waals surface area (Å²) in [5, 5.41) is 2.89. The Balaban J connectivity index is 1.78. The quantitative estimate of drug-likeness (QED) is 0.858. The molecule has 2 rings (SSSR count). The van der Waals surface area contributed by atoms with Crippen LogP contribution in [0.1, 0.15) is 6.42 Å². The maximum Gasteiger partial charge on any atom is 0.239 e. The fraction of sp³-hybridized carbons (Fsp3) is 0.533. The van der Waals surface area contributed by atoms with E-state index in [4.69, 9.17) is 9.47 Å². The van der Waals surface area contributed by atoms with E-state index in [1.54, 1.807) is 19.1 Å². The number of methoxy groups -OCH3 is 1. The van der Waals surface area contributed by atoms with E-state index in [0.717, 1.165) is 0 Å². The Bertz CT molecular complexity index is 484. The van der Waals surface area contributed by atoms with Crippen LogP contribution in [0.4, 0.5) is 4.39 Å². The second-order valence-electron chi connectivity index (χ2n) is 5.05. The van der Waals surface area contributed by atoms with Crippen LogP contribution in [0.3, 0.4) is 0 Å². The molecule has 1 N–H and O–H groups in total. The highest BCUT2D eigenvalue weighted by Crippen LogP contribution is 2.25. The van der Waals surface area contributed by atoms with E-state index in [1.807, 2.05) is 24.3 Å². The van der Waals surface area contributed by atoms with E-state index in [9.17, 15) is 9.18 Å². The number of likely N-dealkylation sites (N-methyl/N-ethyl adjacent to an activating group) is 1. The Labute approximate surface area is 124 Å². The van der Waals surface area contributed by atoms with Crippen molar-refractivity contribution < 1.29 is 18.7 Å². The molecule has 1 amide bonds. The number of hydrogen-bond acceptors (Lipinski definition) is 4. The number of carbonyl (C=O) groups is 1. The molecule has 1 aliphatic rings. The molecule has 1 aromatic carbocycles. The van der Waals surface area contributed by atoms with Crippen molar-refractivity contribution in [2.75, 3.05) is 33.9 Å². The van der Waals surface area contributed by atoms with Gasteiger partial charge in [0.25, 0.3) is 0 Å². The first-order valence-corrected chi connectivity index (χ1v) is 7.00. The number of rotatable bonds is 6. The third kappa shape index (κ3) is 4.07. The van der Waals surface area contributed by atoms with Crippen molar-refractivity contribution in [2.24, 2.45) is 0 Å². The molecule has 0 saturated carbocycles. The summed E-state index contributed by atoms with van der Waals surface area (Å²) >= 11 is 0. The average Bonchev–Trinajstić information content (AvgIpc) is 2.93. The lowest BCUT2D eigenvalue weighted by Crippen LogP contribution is -2.43. The molecule has 5 nitrogen and oxygen atoms in total. The fourth-order valence-electron chi connectivity index (χ4n) is 2.29. The number of carbonyl (C=O) groups excluding carboxylic acids is 1. The van der Waals surface area contributed by atoms with Crippen molar-refractivity contribution in [2.45, 2.75) is 18.6 Å².